The number of H-pyrrole nitrogens is 1. The highest BCUT2D eigenvalue weighted by molar-refractivity contribution is 5.82. The van der Waals surface area contributed by atoms with Crippen molar-refractivity contribution in [3.05, 3.63) is 40.8 Å². The summed E-state index contributed by atoms with van der Waals surface area (Å²) in [6.07, 6.45) is 2.98. The lowest BCUT2D eigenvalue weighted by molar-refractivity contribution is 0.208. The predicted molar refractivity (Wildman–Crippen MR) is 71.1 cm³/mol. The van der Waals surface area contributed by atoms with Gasteiger partial charge in [-0.3, -0.25) is 4.79 Å². The number of nitrogens with one attached hydrogen (secondary N) is 1. The summed E-state index contributed by atoms with van der Waals surface area (Å²) in [5.74, 6) is 0.841. The lowest BCUT2D eigenvalue weighted by Crippen LogP contribution is -2.21. The van der Waals surface area contributed by atoms with Gasteiger partial charge in [-0.1, -0.05) is 0 Å². The standard InChI is InChI=1S/C14H16N2O2/c1-16-7-5-12(9-16)18-11-2-3-13-10(8-11)4-6-15-14(13)17/h2-4,6,8,12H,5,7,9H2,1H3,(H,15,17)/t12-/m1/s1. The molecule has 1 aromatic heterocycles. The minimum Gasteiger partial charge on any atom is -0.489 e. The molecule has 2 aromatic rings. The highest BCUT2D eigenvalue weighted by atomic mass is 16.5. The molecule has 1 N–H and O–H groups in total. The number of ether oxygens (including phenoxy) is 1. The fraction of sp³-hybridized carbons (Fsp3) is 0.357. The first-order valence-electron chi connectivity index (χ1n) is 6.19. The van der Waals surface area contributed by atoms with Crippen LogP contribution in [-0.4, -0.2) is 36.1 Å². The van der Waals surface area contributed by atoms with Crippen molar-refractivity contribution in [3.8, 4) is 5.75 Å². The third kappa shape index (κ3) is 2.11. The minimum atomic E-state index is -0.0559. The van der Waals surface area contributed by atoms with Gasteiger partial charge in [0, 0.05) is 24.7 Å². The summed E-state index contributed by atoms with van der Waals surface area (Å²) in [6, 6.07) is 7.52. The number of nitrogens with zero attached hydrogens (tertiary/aromatic N) is 1. The third-order valence-electron chi connectivity index (χ3n) is 3.40. The molecular weight excluding hydrogens is 228 g/mol. The first kappa shape index (κ1) is 11.3. The number of aromatic nitrogens is 1. The Morgan fingerprint density at radius 3 is 3.06 bits per heavy atom. The summed E-state index contributed by atoms with van der Waals surface area (Å²) < 4.78 is 5.94. The van der Waals surface area contributed by atoms with Crippen LogP contribution in [0.3, 0.4) is 0 Å². The predicted octanol–water partition coefficient (Wildman–Crippen LogP) is 1.61. The van der Waals surface area contributed by atoms with E-state index in [4.69, 9.17) is 4.74 Å². The van der Waals surface area contributed by atoms with E-state index in [9.17, 15) is 4.79 Å². The van der Waals surface area contributed by atoms with Gasteiger partial charge in [0.1, 0.15) is 11.9 Å². The SMILES string of the molecule is CN1CC[C@@H](Oc2ccc3c(=O)[nH]ccc3c2)C1. The van der Waals surface area contributed by atoms with Crippen molar-refractivity contribution < 1.29 is 4.74 Å². The van der Waals surface area contributed by atoms with Gasteiger partial charge >= 0.3 is 0 Å². The number of hydrogen-bond acceptors (Lipinski definition) is 3. The fourth-order valence-electron chi connectivity index (χ4n) is 2.43. The van der Waals surface area contributed by atoms with Gasteiger partial charge in [-0.2, -0.15) is 0 Å². The number of likely N-dealkylation sites (tertiary alicyclic amines) is 1. The molecule has 1 atom stereocenters. The molecule has 1 aliphatic heterocycles. The number of benzene rings is 1. The molecular formula is C14H16N2O2. The second-order valence-corrected chi connectivity index (χ2v) is 4.85. The van der Waals surface area contributed by atoms with Crippen molar-refractivity contribution in [1.82, 2.24) is 9.88 Å². The van der Waals surface area contributed by atoms with Crippen LogP contribution in [0.4, 0.5) is 0 Å². The van der Waals surface area contributed by atoms with Gasteiger partial charge in [0.25, 0.3) is 5.56 Å². The fourth-order valence-corrected chi connectivity index (χ4v) is 2.43. The van der Waals surface area contributed by atoms with Crippen LogP contribution in [0.2, 0.25) is 0 Å². The van der Waals surface area contributed by atoms with Crippen molar-refractivity contribution in [2.45, 2.75) is 12.5 Å². The average molecular weight is 244 g/mol. The zero-order chi connectivity index (χ0) is 12.5. The Bertz CT molecular complexity index is 620. The zero-order valence-electron chi connectivity index (χ0n) is 10.3. The Kier molecular flexibility index (Phi) is 2.80. The Morgan fingerprint density at radius 1 is 1.39 bits per heavy atom. The number of rotatable bonds is 2. The molecule has 3 rings (SSSR count). The van der Waals surface area contributed by atoms with Crippen molar-refractivity contribution in [3.63, 3.8) is 0 Å². The largest absolute Gasteiger partial charge is 0.489 e. The van der Waals surface area contributed by atoms with Crippen LogP contribution in [-0.2, 0) is 0 Å². The Hall–Kier alpha value is -1.81. The van der Waals surface area contributed by atoms with Crippen LogP contribution in [0, 0.1) is 0 Å². The molecule has 1 aromatic carbocycles. The van der Waals surface area contributed by atoms with Crippen LogP contribution in [0.5, 0.6) is 5.75 Å². The quantitative estimate of drug-likeness (QED) is 0.873. The molecule has 0 unspecified atom stereocenters. The van der Waals surface area contributed by atoms with Gasteiger partial charge in [-0.05, 0) is 43.1 Å². The molecule has 1 fully saturated rings. The minimum absolute atomic E-state index is 0.0559. The van der Waals surface area contributed by atoms with Gasteiger partial charge in [0.15, 0.2) is 0 Å². The maximum atomic E-state index is 11.6. The summed E-state index contributed by atoms with van der Waals surface area (Å²) in [7, 11) is 2.10. The summed E-state index contributed by atoms with van der Waals surface area (Å²) in [5, 5.41) is 1.62. The van der Waals surface area contributed by atoms with Crippen LogP contribution in [0.15, 0.2) is 35.3 Å². The Balaban J connectivity index is 1.87. The van der Waals surface area contributed by atoms with E-state index in [2.05, 4.69) is 16.9 Å². The van der Waals surface area contributed by atoms with E-state index in [1.165, 1.54) is 0 Å². The van der Waals surface area contributed by atoms with Crippen molar-refractivity contribution >= 4 is 10.8 Å². The topological polar surface area (TPSA) is 45.3 Å². The monoisotopic (exact) mass is 244 g/mol. The molecule has 4 nitrogen and oxygen atoms in total. The molecule has 0 spiro atoms. The molecule has 0 radical (unpaired) electrons. The molecule has 1 saturated heterocycles. The number of aromatic amines is 1. The highest BCUT2D eigenvalue weighted by Gasteiger charge is 2.20. The zero-order valence-corrected chi connectivity index (χ0v) is 10.3. The maximum absolute atomic E-state index is 11.6. The number of pyridine rings is 1. The van der Waals surface area contributed by atoms with Crippen LogP contribution in [0.25, 0.3) is 10.8 Å². The normalized spacial score (nSPS) is 20.4. The third-order valence-corrected chi connectivity index (χ3v) is 3.40. The molecule has 18 heavy (non-hydrogen) atoms. The van der Waals surface area contributed by atoms with Crippen LogP contribution >= 0.6 is 0 Å². The smallest absolute Gasteiger partial charge is 0.255 e. The lowest BCUT2D eigenvalue weighted by atomic mass is 10.1. The second-order valence-electron chi connectivity index (χ2n) is 4.85. The summed E-state index contributed by atoms with van der Waals surface area (Å²) in [5.41, 5.74) is -0.0559. The van der Waals surface area contributed by atoms with E-state index in [0.717, 1.165) is 30.6 Å². The molecule has 0 aliphatic carbocycles. The van der Waals surface area contributed by atoms with E-state index in [0.29, 0.717) is 5.39 Å². The van der Waals surface area contributed by atoms with E-state index in [1.807, 2.05) is 24.3 Å². The number of fused-ring (bicyclic) bond motifs is 1. The van der Waals surface area contributed by atoms with Gasteiger partial charge in [0.2, 0.25) is 0 Å². The van der Waals surface area contributed by atoms with E-state index < -0.39 is 0 Å². The average Bonchev–Trinajstić information content (AvgIpc) is 2.75. The first-order chi connectivity index (χ1) is 8.72. The molecule has 94 valence electrons. The highest BCUT2D eigenvalue weighted by Crippen LogP contribution is 2.21. The molecule has 0 bridgehead atoms. The van der Waals surface area contributed by atoms with Gasteiger partial charge in [-0.25, -0.2) is 0 Å². The lowest BCUT2D eigenvalue weighted by Gasteiger charge is -2.14. The number of likely N-dealkylation sites (N-methyl/N-ethyl adjacent to an activating group) is 1. The van der Waals surface area contributed by atoms with Crippen molar-refractivity contribution in [2.24, 2.45) is 0 Å². The Morgan fingerprint density at radius 2 is 2.28 bits per heavy atom. The van der Waals surface area contributed by atoms with Crippen molar-refractivity contribution in [2.75, 3.05) is 20.1 Å². The van der Waals surface area contributed by atoms with E-state index in [-0.39, 0.29) is 11.7 Å². The van der Waals surface area contributed by atoms with Gasteiger partial charge in [0.05, 0.1) is 0 Å². The molecule has 1 aliphatic rings. The number of hydrogen-bond donors (Lipinski definition) is 1. The first-order valence-corrected chi connectivity index (χ1v) is 6.19. The van der Waals surface area contributed by atoms with E-state index in [1.54, 1.807) is 6.20 Å². The summed E-state index contributed by atoms with van der Waals surface area (Å²) >= 11 is 0. The molecule has 0 amide bonds. The summed E-state index contributed by atoms with van der Waals surface area (Å²) in [6.45, 7) is 2.05. The van der Waals surface area contributed by atoms with Gasteiger partial charge in [-0.15, -0.1) is 0 Å². The Labute approximate surface area is 105 Å². The molecule has 4 heteroatoms. The van der Waals surface area contributed by atoms with Gasteiger partial charge < -0.3 is 14.6 Å². The molecule has 0 saturated carbocycles. The summed E-state index contributed by atoms with van der Waals surface area (Å²) in [4.78, 5) is 16.5. The van der Waals surface area contributed by atoms with Crippen LogP contribution < -0.4 is 10.3 Å². The second kappa shape index (κ2) is 4.46. The van der Waals surface area contributed by atoms with E-state index >= 15 is 0 Å². The van der Waals surface area contributed by atoms with Crippen molar-refractivity contribution in [1.29, 1.82) is 0 Å². The van der Waals surface area contributed by atoms with Crippen LogP contribution in [0.1, 0.15) is 6.42 Å². The molecule has 2 heterocycles. The maximum Gasteiger partial charge on any atom is 0.255 e.